The van der Waals surface area contributed by atoms with E-state index in [2.05, 4.69) is 15.6 Å². The summed E-state index contributed by atoms with van der Waals surface area (Å²) in [7, 11) is 0. The summed E-state index contributed by atoms with van der Waals surface area (Å²) < 4.78 is 38.1. The summed E-state index contributed by atoms with van der Waals surface area (Å²) in [5, 5.41) is 7.74. The highest BCUT2D eigenvalue weighted by atomic mass is 35.5. The van der Waals surface area contributed by atoms with Gasteiger partial charge in [-0.1, -0.05) is 23.7 Å². The lowest BCUT2D eigenvalue weighted by Crippen LogP contribution is -2.24. The molecule has 0 radical (unpaired) electrons. The van der Waals surface area contributed by atoms with Gasteiger partial charge in [-0.25, -0.2) is 5.43 Å². The fraction of sp³-hybridized carbons (Fsp3) is 0.214. The number of hydrazone groups is 1. The van der Waals surface area contributed by atoms with Crippen LogP contribution in [0, 0.1) is 0 Å². The number of amides is 1. The Labute approximate surface area is 134 Å². The zero-order valence-corrected chi connectivity index (χ0v) is 12.7. The molecule has 122 valence electrons. The molecule has 1 amide bonds. The maximum Gasteiger partial charge on any atom is 0.435 e. The Bertz CT molecular complexity index is 722. The molecule has 1 aromatic heterocycles. The van der Waals surface area contributed by atoms with Crippen LogP contribution >= 0.6 is 11.6 Å². The predicted molar refractivity (Wildman–Crippen MR) is 79.0 cm³/mol. The van der Waals surface area contributed by atoms with E-state index in [9.17, 15) is 18.0 Å². The van der Waals surface area contributed by atoms with E-state index in [0.717, 1.165) is 22.5 Å². The molecule has 2 rings (SSSR count). The van der Waals surface area contributed by atoms with Gasteiger partial charge in [-0.2, -0.15) is 23.4 Å². The van der Waals surface area contributed by atoms with Crippen molar-refractivity contribution in [3.63, 3.8) is 0 Å². The van der Waals surface area contributed by atoms with E-state index in [4.69, 9.17) is 11.6 Å². The number of hydrogen-bond donors (Lipinski definition) is 1. The molecule has 1 heterocycles. The second kappa shape index (κ2) is 6.82. The van der Waals surface area contributed by atoms with Crippen molar-refractivity contribution in [3.8, 4) is 0 Å². The molecule has 23 heavy (non-hydrogen) atoms. The van der Waals surface area contributed by atoms with E-state index in [0.29, 0.717) is 10.7 Å². The highest BCUT2D eigenvalue weighted by Crippen LogP contribution is 2.27. The van der Waals surface area contributed by atoms with Gasteiger partial charge in [-0.15, -0.1) is 0 Å². The molecular weight excluding hydrogens is 333 g/mol. The highest BCUT2D eigenvalue weighted by Gasteiger charge is 2.33. The van der Waals surface area contributed by atoms with Crippen LogP contribution in [-0.4, -0.2) is 21.4 Å². The first kappa shape index (κ1) is 17.0. The van der Waals surface area contributed by atoms with Crippen LogP contribution in [0.4, 0.5) is 13.2 Å². The van der Waals surface area contributed by atoms with Gasteiger partial charge in [-0.3, -0.25) is 9.48 Å². The number of hydrogen-bond acceptors (Lipinski definition) is 3. The van der Waals surface area contributed by atoms with E-state index >= 15 is 0 Å². The summed E-state index contributed by atoms with van der Waals surface area (Å²) >= 11 is 5.77. The smallest absolute Gasteiger partial charge is 0.271 e. The number of rotatable bonds is 4. The molecule has 0 aliphatic carbocycles. The summed E-state index contributed by atoms with van der Waals surface area (Å²) in [4.78, 5) is 11.7. The average Bonchev–Trinajstić information content (AvgIpc) is 2.94. The van der Waals surface area contributed by atoms with Crippen LogP contribution in [0.1, 0.15) is 18.2 Å². The molecule has 0 atom stereocenters. The minimum Gasteiger partial charge on any atom is -0.271 e. The molecular formula is C14H12ClF3N4O. The molecule has 0 saturated heterocycles. The number of aromatic nitrogens is 2. The van der Waals surface area contributed by atoms with Crippen LogP contribution in [0.25, 0.3) is 0 Å². The second-order valence-electron chi connectivity index (χ2n) is 4.64. The van der Waals surface area contributed by atoms with Gasteiger partial charge in [0.05, 0.1) is 5.71 Å². The van der Waals surface area contributed by atoms with Gasteiger partial charge in [0, 0.05) is 11.2 Å². The summed E-state index contributed by atoms with van der Waals surface area (Å²) in [6, 6.07) is 7.63. The van der Waals surface area contributed by atoms with Gasteiger partial charge in [0.25, 0.3) is 5.91 Å². The van der Waals surface area contributed by atoms with Crippen LogP contribution in [0.2, 0.25) is 5.02 Å². The van der Waals surface area contributed by atoms with Gasteiger partial charge >= 0.3 is 6.18 Å². The van der Waals surface area contributed by atoms with Crippen LogP contribution < -0.4 is 5.43 Å². The quantitative estimate of drug-likeness (QED) is 0.684. The Morgan fingerprint density at radius 3 is 2.52 bits per heavy atom. The van der Waals surface area contributed by atoms with E-state index < -0.39 is 17.8 Å². The van der Waals surface area contributed by atoms with Crippen molar-refractivity contribution in [2.75, 3.05) is 0 Å². The SMILES string of the molecule is CC(=NNC(=O)Cn1ccc(C(F)(F)F)n1)c1ccc(Cl)cc1. The van der Waals surface area contributed by atoms with Gasteiger partial charge in [0.1, 0.15) is 6.54 Å². The Morgan fingerprint density at radius 2 is 1.96 bits per heavy atom. The van der Waals surface area contributed by atoms with Gasteiger partial charge < -0.3 is 0 Å². The first-order valence-electron chi connectivity index (χ1n) is 6.45. The summed E-state index contributed by atoms with van der Waals surface area (Å²) in [5.74, 6) is -0.588. The molecule has 1 N–H and O–H groups in total. The molecule has 5 nitrogen and oxygen atoms in total. The maximum atomic E-state index is 12.4. The number of carbonyl (C=O) groups is 1. The number of halogens is 4. The number of carbonyl (C=O) groups excluding carboxylic acids is 1. The Hall–Kier alpha value is -2.35. The first-order valence-corrected chi connectivity index (χ1v) is 6.83. The minimum atomic E-state index is -4.54. The van der Waals surface area contributed by atoms with Crippen LogP contribution in [0.5, 0.6) is 0 Å². The number of alkyl halides is 3. The topological polar surface area (TPSA) is 59.3 Å². The molecule has 2 aromatic rings. The van der Waals surface area contributed by atoms with Crippen molar-refractivity contribution in [1.82, 2.24) is 15.2 Å². The third kappa shape index (κ3) is 4.82. The lowest BCUT2D eigenvalue weighted by molar-refractivity contribution is -0.141. The van der Waals surface area contributed by atoms with E-state index in [-0.39, 0.29) is 6.54 Å². The predicted octanol–water partition coefficient (Wildman–Crippen LogP) is 3.10. The summed E-state index contributed by atoms with van der Waals surface area (Å²) in [6.07, 6.45) is -3.46. The highest BCUT2D eigenvalue weighted by molar-refractivity contribution is 6.30. The lowest BCUT2D eigenvalue weighted by atomic mass is 10.1. The van der Waals surface area contributed by atoms with Crippen molar-refractivity contribution in [2.24, 2.45) is 5.10 Å². The van der Waals surface area contributed by atoms with E-state index in [1.807, 2.05) is 0 Å². The molecule has 0 aliphatic rings. The molecule has 0 bridgehead atoms. The lowest BCUT2D eigenvalue weighted by Gasteiger charge is -2.04. The zero-order chi connectivity index (χ0) is 17.0. The van der Waals surface area contributed by atoms with Crippen molar-refractivity contribution in [2.45, 2.75) is 19.6 Å². The Balaban J connectivity index is 1.95. The third-order valence-corrected chi connectivity index (χ3v) is 3.10. The molecule has 0 saturated carbocycles. The summed E-state index contributed by atoms with van der Waals surface area (Å²) in [6.45, 7) is 1.31. The second-order valence-corrected chi connectivity index (χ2v) is 5.07. The van der Waals surface area contributed by atoms with Crippen molar-refractivity contribution < 1.29 is 18.0 Å². The van der Waals surface area contributed by atoms with Crippen molar-refractivity contribution >= 4 is 23.2 Å². The van der Waals surface area contributed by atoms with Crippen molar-refractivity contribution in [1.29, 1.82) is 0 Å². The fourth-order valence-electron chi connectivity index (χ4n) is 1.69. The number of nitrogens with one attached hydrogen (secondary N) is 1. The normalized spacial score (nSPS) is 12.3. The standard InChI is InChI=1S/C14H12ClF3N4O/c1-9(10-2-4-11(15)5-3-10)19-20-13(23)8-22-7-6-12(21-22)14(16,17)18/h2-7H,8H2,1H3,(H,20,23). The largest absolute Gasteiger partial charge is 0.435 e. The van der Waals surface area contributed by atoms with Gasteiger partial charge in [0.15, 0.2) is 5.69 Å². The van der Waals surface area contributed by atoms with Crippen LogP contribution in [0.3, 0.4) is 0 Å². The molecule has 0 unspecified atom stereocenters. The first-order chi connectivity index (χ1) is 10.8. The monoisotopic (exact) mass is 344 g/mol. The van der Waals surface area contributed by atoms with Gasteiger partial charge in [-0.05, 0) is 30.7 Å². The van der Waals surface area contributed by atoms with E-state index in [1.54, 1.807) is 31.2 Å². The molecule has 1 aromatic carbocycles. The minimum absolute atomic E-state index is 0.368. The number of benzene rings is 1. The zero-order valence-electron chi connectivity index (χ0n) is 11.9. The maximum absolute atomic E-state index is 12.4. The summed E-state index contributed by atoms with van der Waals surface area (Å²) in [5.41, 5.74) is 2.51. The van der Waals surface area contributed by atoms with Crippen LogP contribution in [-0.2, 0) is 17.5 Å². The van der Waals surface area contributed by atoms with Gasteiger partial charge in [0.2, 0.25) is 0 Å². The number of nitrogens with zero attached hydrogens (tertiary/aromatic N) is 3. The Morgan fingerprint density at radius 1 is 1.30 bits per heavy atom. The molecule has 9 heteroatoms. The van der Waals surface area contributed by atoms with E-state index in [1.165, 1.54) is 0 Å². The Kier molecular flexibility index (Phi) is 5.05. The molecule has 0 fully saturated rings. The third-order valence-electron chi connectivity index (χ3n) is 2.85. The van der Waals surface area contributed by atoms with Crippen LogP contribution in [0.15, 0.2) is 41.6 Å². The molecule has 0 aliphatic heterocycles. The average molecular weight is 345 g/mol. The molecule has 0 spiro atoms. The van der Waals surface area contributed by atoms with Crippen molar-refractivity contribution in [3.05, 3.63) is 52.8 Å². The fourth-order valence-corrected chi connectivity index (χ4v) is 1.81.